The summed E-state index contributed by atoms with van der Waals surface area (Å²) in [6.07, 6.45) is 3.76. The molecular weight excluding hydrogens is 317 g/mol. The summed E-state index contributed by atoms with van der Waals surface area (Å²) in [6, 6.07) is 5.11. The maximum Gasteiger partial charge on any atom is 0.313 e. The fourth-order valence-corrected chi connectivity index (χ4v) is 4.64. The van der Waals surface area contributed by atoms with Crippen molar-refractivity contribution in [3.8, 4) is 0 Å². The molecule has 3 nitrogen and oxygen atoms in total. The molecule has 0 amide bonds. The number of carbonyl (C=O) groups is 1. The minimum atomic E-state index is -0.397. The molecule has 2 fully saturated rings. The van der Waals surface area contributed by atoms with Crippen molar-refractivity contribution in [2.75, 3.05) is 6.61 Å². The van der Waals surface area contributed by atoms with Gasteiger partial charge in [-0.15, -0.1) is 0 Å². The Bertz CT molecular complexity index is 609. The molecule has 0 unspecified atom stereocenters. The largest absolute Gasteiger partial charge is 0.466 e. The molecule has 3 rings (SSSR count). The Hall–Kier alpha value is -1.13. The van der Waals surface area contributed by atoms with E-state index in [-0.39, 0.29) is 17.8 Å². The Kier molecular flexibility index (Phi) is 4.65. The van der Waals surface area contributed by atoms with Gasteiger partial charge in [-0.1, -0.05) is 24.6 Å². The van der Waals surface area contributed by atoms with Crippen LogP contribution in [0.4, 0.5) is 4.39 Å². The Labute approximate surface area is 141 Å². The Morgan fingerprint density at radius 3 is 2.87 bits per heavy atom. The van der Waals surface area contributed by atoms with Gasteiger partial charge in [-0.05, 0) is 50.3 Å². The van der Waals surface area contributed by atoms with Gasteiger partial charge in [-0.2, -0.15) is 0 Å². The third-order valence-electron chi connectivity index (χ3n) is 5.56. The summed E-state index contributed by atoms with van der Waals surface area (Å²) in [5, 5.41) is 0.453. The minimum Gasteiger partial charge on any atom is -0.466 e. The Morgan fingerprint density at radius 2 is 2.22 bits per heavy atom. The number of esters is 1. The number of fused-ring (bicyclic) bond motifs is 2. The van der Waals surface area contributed by atoms with Crippen LogP contribution in [0.25, 0.3) is 0 Å². The third kappa shape index (κ3) is 2.76. The molecule has 23 heavy (non-hydrogen) atoms. The second kappa shape index (κ2) is 6.40. The third-order valence-corrected chi connectivity index (χ3v) is 5.91. The molecule has 0 radical (unpaired) electrons. The summed E-state index contributed by atoms with van der Waals surface area (Å²) in [6.45, 7) is 5.00. The van der Waals surface area contributed by atoms with Crippen molar-refractivity contribution in [3.05, 3.63) is 34.6 Å². The molecule has 2 aliphatic rings. The molecule has 2 saturated heterocycles. The topological polar surface area (TPSA) is 29.5 Å². The number of nitrogens with zero attached hydrogens (tertiary/aromatic N) is 1. The zero-order chi connectivity index (χ0) is 16.6. The van der Waals surface area contributed by atoms with Crippen LogP contribution in [0.2, 0.25) is 5.02 Å². The van der Waals surface area contributed by atoms with E-state index in [4.69, 9.17) is 16.3 Å². The highest BCUT2D eigenvalue weighted by Gasteiger charge is 2.59. The smallest absolute Gasteiger partial charge is 0.313 e. The van der Waals surface area contributed by atoms with Crippen molar-refractivity contribution in [2.24, 2.45) is 5.41 Å². The molecule has 3 atom stereocenters. The van der Waals surface area contributed by atoms with Gasteiger partial charge in [0.15, 0.2) is 0 Å². The zero-order valence-corrected chi connectivity index (χ0v) is 14.4. The van der Waals surface area contributed by atoms with Crippen LogP contribution in [0.3, 0.4) is 0 Å². The van der Waals surface area contributed by atoms with Gasteiger partial charge in [0, 0.05) is 23.7 Å². The van der Waals surface area contributed by atoms with Crippen molar-refractivity contribution in [1.82, 2.24) is 4.90 Å². The first-order valence-electron chi connectivity index (χ1n) is 8.38. The van der Waals surface area contributed by atoms with Gasteiger partial charge in [0.05, 0.1) is 12.0 Å². The molecule has 0 aliphatic carbocycles. The molecule has 0 spiro atoms. The first-order chi connectivity index (χ1) is 11.0. The highest BCUT2D eigenvalue weighted by Crippen LogP contribution is 2.53. The van der Waals surface area contributed by atoms with Gasteiger partial charge >= 0.3 is 5.97 Å². The molecule has 2 heterocycles. The molecule has 2 aliphatic heterocycles. The van der Waals surface area contributed by atoms with Crippen molar-refractivity contribution in [3.63, 3.8) is 0 Å². The number of carbonyl (C=O) groups excluding carboxylic acids is 1. The fourth-order valence-electron chi connectivity index (χ4n) is 4.41. The molecule has 126 valence electrons. The second-order valence-corrected chi connectivity index (χ2v) is 7.00. The highest BCUT2D eigenvalue weighted by atomic mass is 35.5. The van der Waals surface area contributed by atoms with E-state index in [2.05, 4.69) is 11.8 Å². The van der Waals surface area contributed by atoms with Crippen molar-refractivity contribution in [1.29, 1.82) is 0 Å². The van der Waals surface area contributed by atoms with Gasteiger partial charge in [0.1, 0.15) is 5.82 Å². The van der Waals surface area contributed by atoms with E-state index in [1.807, 2.05) is 6.92 Å². The summed E-state index contributed by atoms with van der Waals surface area (Å²) < 4.78 is 18.6. The van der Waals surface area contributed by atoms with Crippen LogP contribution < -0.4 is 0 Å². The number of hydrogen-bond donors (Lipinski definition) is 0. The van der Waals surface area contributed by atoms with E-state index in [9.17, 15) is 9.18 Å². The average Bonchev–Trinajstić information content (AvgIpc) is 3.05. The first-order valence-corrected chi connectivity index (χ1v) is 8.76. The number of hydrogen-bond acceptors (Lipinski definition) is 3. The minimum absolute atomic E-state index is 0.0649. The average molecular weight is 340 g/mol. The molecule has 5 heteroatoms. The number of ether oxygens (including phenoxy) is 1. The lowest BCUT2D eigenvalue weighted by atomic mass is 9.72. The quantitative estimate of drug-likeness (QED) is 0.754. The van der Waals surface area contributed by atoms with Gasteiger partial charge in [0.25, 0.3) is 0 Å². The molecule has 0 saturated carbocycles. The van der Waals surface area contributed by atoms with E-state index in [0.29, 0.717) is 24.2 Å². The number of halogens is 2. The molecule has 1 aromatic carbocycles. The molecular formula is C18H23ClFNO2. The molecule has 2 bridgehead atoms. The van der Waals surface area contributed by atoms with E-state index in [1.165, 1.54) is 12.1 Å². The lowest BCUT2D eigenvalue weighted by Crippen LogP contribution is -2.44. The molecule has 1 aromatic rings. The standard InChI is InChI=1S/C18H23ClFNO2/c1-3-18(17(22)23-4-2)10-14-7-8-16(18)21(14)11-12-5-6-13(20)9-15(12)19/h5-6,9,14,16H,3-4,7-8,10-11H2,1-2H3/t14-,16+,18+/m0/s1. The van der Waals surface area contributed by atoms with Crippen LogP contribution >= 0.6 is 11.6 Å². The van der Waals surface area contributed by atoms with Crippen LogP contribution in [-0.2, 0) is 16.1 Å². The van der Waals surface area contributed by atoms with Crippen LogP contribution in [0.1, 0.15) is 45.1 Å². The van der Waals surface area contributed by atoms with Crippen LogP contribution in [0.5, 0.6) is 0 Å². The van der Waals surface area contributed by atoms with Gasteiger partial charge in [-0.25, -0.2) is 4.39 Å². The summed E-state index contributed by atoms with van der Waals surface area (Å²) >= 11 is 6.18. The normalized spacial score (nSPS) is 29.9. The summed E-state index contributed by atoms with van der Waals surface area (Å²) in [7, 11) is 0. The lowest BCUT2D eigenvalue weighted by Gasteiger charge is -2.34. The predicted molar refractivity (Wildman–Crippen MR) is 87.7 cm³/mol. The number of rotatable bonds is 5. The van der Waals surface area contributed by atoms with Crippen molar-refractivity contribution < 1.29 is 13.9 Å². The van der Waals surface area contributed by atoms with E-state index in [0.717, 1.165) is 31.2 Å². The molecule has 0 N–H and O–H groups in total. The monoisotopic (exact) mass is 339 g/mol. The highest BCUT2D eigenvalue weighted by molar-refractivity contribution is 6.31. The molecule has 0 aromatic heterocycles. The van der Waals surface area contributed by atoms with Crippen LogP contribution in [-0.4, -0.2) is 29.6 Å². The summed E-state index contributed by atoms with van der Waals surface area (Å²) in [5.74, 6) is -0.387. The van der Waals surface area contributed by atoms with Crippen LogP contribution in [0, 0.1) is 11.2 Å². The van der Waals surface area contributed by atoms with E-state index < -0.39 is 5.41 Å². The maximum atomic E-state index is 13.2. The lowest BCUT2D eigenvalue weighted by molar-refractivity contribution is -0.157. The van der Waals surface area contributed by atoms with Gasteiger partial charge < -0.3 is 4.74 Å². The van der Waals surface area contributed by atoms with Gasteiger partial charge in [0.2, 0.25) is 0 Å². The van der Waals surface area contributed by atoms with Crippen LogP contribution in [0.15, 0.2) is 18.2 Å². The van der Waals surface area contributed by atoms with E-state index >= 15 is 0 Å². The Morgan fingerprint density at radius 1 is 1.43 bits per heavy atom. The summed E-state index contributed by atoms with van der Waals surface area (Å²) in [4.78, 5) is 14.9. The summed E-state index contributed by atoms with van der Waals surface area (Å²) in [5.41, 5.74) is 0.520. The number of benzene rings is 1. The van der Waals surface area contributed by atoms with E-state index in [1.54, 1.807) is 6.07 Å². The van der Waals surface area contributed by atoms with Gasteiger partial charge in [-0.3, -0.25) is 9.69 Å². The maximum absolute atomic E-state index is 13.2. The van der Waals surface area contributed by atoms with Crippen molar-refractivity contribution >= 4 is 17.6 Å². The zero-order valence-electron chi connectivity index (χ0n) is 13.6. The second-order valence-electron chi connectivity index (χ2n) is 6.59. The first kappa shape index (κ1) is 16.7. The predicted octanol–water partition coefficient (Wildman–Crippen LogP) is 4.18. The Balaban J connectivity index is 1.83. The van der Waals surface area contributed by atoms with Crippen molar-refractivity contribution in [2.45, 2.75) is 58.2 Å². The fraction of sp³-hybridized carbons (Fsp3) is 0.611. The SMILES string of the molecule is CCOC(=O)[C@]1(CC)C[C@@H]2CC[C@H]1N2Cc1ccc(F)cc1Cl.